The maximum Gasteiger partial charge on any atom is 0.328 e. The topological polar surface area (TPSA) is 81.2 Å². The Labute approximate surface area is 288 Å². The molecule has 1 heterocycles. The molecule has 2 aromatic rings. The van der Waals surface area contributed by atoms with Gasteiger partial charge in [-0.15, -0.1) is 0 Å². The minimum absolute atomic E-state index is 0.00430. The van der Waals surface area contributed by atoms with Gasteiger partial charge in [0.15, 0.2) is 0 Å². The Hall–Kier alpha value is -3.02. The number of rotatable bonds is 5. The van der Waals surface area contributed by atoms with E-state index < -0.39 is 11.5 Å². The third kappa shape index (κ3) is 4.77. The number of esters is 1. The first kappa shape index (κ1) is 33.5. The number of hydrogen-bond donors (Lipinski definition) is 1. The summed E-state index contributed by atoms with van der Waals surface area (Å²) in [5.74, 6) is 0.903. The predicted octanol–water partition coefficient (Wildman–Crippen LogP) is 8.19. The Kier molecular flexibility index (Phi) is 7.85. The van der Waals surface area contributed by atoms with Crippen molar-refractivity contribution in [3.05, 3.63) is 71.3 Å². The third-order valence-corrected chi connectivity index (χ3v) is 15.2. The van der Waals surface area contributed by atoms with Crippen LogP contribution in [0.3, 0.4) is 0 Å². The first-order valence-corrected chi connectivity index (χ1v) is 18.5. The van der Waals surface area contributed by atoms with Crippen molar-refractivity contribution in [3.63, 3.8) is 0 Å². The van der Waals surface area contributed by atoms with Crippen LogP contribution in [0.5, 0.6) is 0 Å². The summed E-state index contributed by atoms with van der Waals surface area (Å²) in [6, 6.07) is 9.24. The molecule has 3 saturated carbocycles. The highest BCUT2D eigenvalue weighted by Crippen LogP contribution is 2.75. The number of aromatic nitrogens is 2. The van der Waals surface area contributed by atoms with Crippen molar-refractivity contribution in [2.45, 2.75) is 124 Å². The number of ether oxygens (including phenoxy) is 1. The number of nitrogens with zero attached hydrogens (tertiary/aromatic N) is 2. The van der Waals surface area contributed by atoms with Gasteiger partial charge in [0.1, 0.15) is 6.04 Å². The molecule has 5 aliphatic rings. The molecule has 0 radical (unpaired) electrons. The molecule has 8 atom stereocenters. The van der Waals surface area contributed by atoms with E-state index in [1.54, 1.807) is 0 Å². The average Bonchev–Trinajstić information content (AvgIpc) is 3.04. The van der Waals surface area contributed by atoms with Crippen LogP contribution in [0.2, 0.25) is 0 Å². The van der Waals surface area contributed by atoms with Crippen LogP contribution in [-0.4, -0.2) is 35.0 Å². The van der Waals surface area contributed by atoms with E-state index in [1.165, 1.54) is 36.9 Å². The van der Waals surface area contributed by atoms with Gasteiger partial charge in [0.05, 0.1) is 23.9 Å². The summed E-state index contributed by atoms with van der Waals surface area (Å²) in [7, 11) is 1.42. The van der Waals surface area contributed by atoms with Gasteiger partial charge in [-0.1, -0.05) is 90.4 Å². The van der Waals surface area contributed by atoms with Gasteiger partial charge in [-0.2, -0.15) is 0 Å². The number of carbonyl (C=O) groups excluding carboxylic acids is 2. The molecule has 3 fully saturated rings. The van der Waals surface area contributed by atoms with Gasteiger partial charge in [0, 0.05) is 24.2 Å². The number of methoxy groups -OCH3 is 1. The molecule has 0 unspecified atom stereocenters. The molecule has 48 heavy (non-hydrogen) atoms. The molecule has 1 aromatic heterocycles. The summed E-state index contributed by atoms with van der Waals surface area (Å²) in [5.41, 5.74) is 4.78. The highest BCUT2D eigenvalue weighted by molar-refractivity contribution is 5.89. The molecule has 0 saturated heterocycles. The number of hydrogen-bond acceptors (Lipinski definition) is 5. The van der Waals surface area contributed by atoms with Crippen molar-refractivity contribution >= 4 is 11.9 Å². The maximum atomic E-state index is 14.8. The Morgan fingerprint density at radius 3 is 2.35 bits per heavy atom. The van der Waals surface area contributed by atoms with Crippen molar-refractivity contribution in [1.29, 1.82) is 0 Å². The minimum atomic E-state index is -0.707. The Morgan fingerprint density at radius 2 is 1.62 bits per heavy atom. The second-order valence-corrected chi connectivity index (χ2v) is 18.4. The molecule has 0 spiro atoms. The summed E-state index contributed by atoms with van der Waals surface area (Å²) >= 11 is 0. The quantitative estimate of drug-likeness (QED) is 0.261. The number of fused-ring (bicyclic) bond motifs is 8. The lowest BCUT2D eigenvalue weighted by molar-refractivity contribution is -0.169. The number of benzene rings is 1. The highest BCUT2D eigenvalue weighted by atomic mass is 16.5. The number of allylic oxidation sites excluding steroid dienone is 2. The summed E-state index contributed by atoms with van der Waals surface area (Å²) < 4.78 is 5.23. The van der Waals surface area contributed by atoms with Crippen molar-refractivity contribution in [3.8, 4) is 0 Å². The summed E-state index contributed by atoms with van der Waals surface area (Å²) in [6.45, 7) is 17.3. The van der Waals surface area contributed by atoms with E-state index in [0.29, 0.717) is 18.3 Å². The smallest absolute Gasteiger partial charge is 0.328 e. The largest absolute Gasteiger partial charge is 0.467 e. The molecule has 5 aliphatic carbocycles. The van der Waals surface area contributed by atoms with E-state index in [4.69, 9.17) is 14.7 Å². The van der Waals surface area contributed by atoms with Gasteiger partial charge in [-0.05, 0) is 103 Å². The molecular formula is C42H57N3O3. The third-order valence-electron chi connectivity index (χ3n) is 15.2. The van der Waals surface area contributed by atoms with Gasteiger partial charge in [0.25, 0.3) is 0 Å². The molecule has 1 aromatic carbocycles. The minimum Gasteiger partial charge on any atom is -0.467 e. The zero-order valence-corrected chi connectivity index (χ0v) is 30.6. The standard InChI is InChI=1S/C42H57N3O3/c1-37(2)18-20-42(36(47)45-30(35(46)48-8)24-27-12-10-9-11-13-27)21-19-40(6)28(29(42)25-37)14-15-33-39(5)26-31-34(44-23-22-43-31)38(3,4)32(39)16-17-41(33,40)7/h9-14,22-23,29-30,32-33H,15-21,24-26H2,1-8H3,(H,45,47)/t29-,30-,32-,33+,39-,40+,41+,42-/m0/s1. The molecular weight excluding hydrogens is 594 g/mol. The van der Waals surface area contributed by atoms with Crippen molar-refractivity contribution < 1.29 is 14.3 Å². The van der Waals surface area contributed by atoms with Gasteiger partial charge >= 0.3 is 5.97 Å². The first-order valence-electron chi connectivity index (χ1n) is 18.5. The molecule has 6 nitrogen and oxygen atoms in total. The second-order valence-electron chi connectivity index (χ2n) is 18.4. The fourth-order valence-corrected chi connectivity index (χ4v) is 12.5. The van der Waals surface area contributed by atoms with Crippen LogP contribution in [0, 0.1) is 44.8 Å². The Morgan fingerprint density at radius 1 is 0.917 bits per heavy atom. The summed E-state index contributed by atoms with van der Waals surface area (Å²) in [4.78, 5) is 37.7. The normalized spacial score (nSPS) is 38.0. The van der Waals surface area contributed by atoms with Gasteiger partial charge in [-0.3, -0.25) is 14.8 Å². The van der Waals surface area contributed by atoms with E-state index in [2.05, 4.69) is 59.9 Å². The van der Waals surface area contributed by atoms with Crippen molar-refractivity contribution in [2.24, 2.45) is 44.8 Å². The van der Waals surface area contributed by atoms with E-state index in [0.717, 1.165) is 50.5 Å². The van der Waals surface area contributed by atoms with Crippen LogP contribution in [0.25, 0.3) is 0 Å². The van der Waals surface area contributed by atoms with Crippen LogP contribution >= 0.6 is 0 Å². The molecule has 1 amide bonds. The SMILES string of the molecule is COC(=O)[C@H](Cc1ccccc1)NC(=O)[C@]12CCC(C)(C)C[C@H]1C1=CC[C@@H]3[C@@]4(C)Cc5nccnc5C(C)(C)[C@@H]4CC[C@@]3(C)[C@]1(C)CC2. The second kappa shape index (κ2) is 11.3. The lowest BCUT2D eigenvalue weighted by atomic mass is 9.33. The molecule has 0 aliphatic heterocycles. The molecule has 258 valence electrons. The fraction of sp³-hybridized carbons (Fsp3) is 0.667. The van der Waals surface area contributed by atoms with Crippen LogP contribution in [0.4, 0.5) is 0 Å². The summed E-state index contributed by atoms with van der Waals surface area (Å²) in [6.07, 6.45) is 15.9. The zero-order valence-electron chi connectivity index (χ0n) is 30.6. The van der Waals surface area contributed by atoms with E-state index in [9.17, 15) is 9.59 Å². The predicted molar refractivity (Wildman–Crippen MR) is 189 cm³/mol. The van der Waals surface area contributed by atoms with Gasteiger partial charge in [0.2, 0.25) is 5.91 Å². The molecule has 0 bridgehead atoms. The first-order chi connectivity index (χ1) is 22.6. The molecule has 7 rings (SSSR count). The molecule has 1 N–H and O–H groups in total. The lowest BCUT2D eigenvalue weighted by Crippen LogP contribution is -2.65. The van der Waals surface area contributed by atoms with Crippen molar-refractivity contribution in [1.82, 2.24) is 15.3 Å². The van der Waals surface area contributed by atoms with Crippen molar-refractivity contribution in [2.75, 3.05) is 7.11 Å². The fourth-order valence-electron chi connectivity index (χ4n) is 12.5. The Bertz CT molecular complexity index is 1630. The van der Waals surface area contributed by atoms with E-state index in [-0.39, 0.29) is 44.9 Å². The average molecular weight is 652 g/mol. The maximum absolute atomic E-state index is 14.8. The Balaban J connectivity index is 1.25. The van der Waals surface area contributed by atoms with Gasteiger partial charge < -0.3 is 10.1 Å². The zero-order chi connectivity index (χ0) is 34.3. The van der Waals surface area contributed by atoms with E-state index >= 15 is 0 Å². The van der Waals surface area contributed by atoms with Crippen LogP contribution < -0.4 is 5.32 Å². The van der Waals surface area contributed by atoms with Crippen LogP contribution in [0.15, 0.2) is 54.4 Å². The highest BCUT2D eigenvalue weighted by Gasteiger charge is 2.69. The lowest BCUT2D eigenvalue weighted by Gasteiger charge is -2.70. The number of carbonyl (C=O) groups is 2. The van der Waals surface area contributed by atoms with Gasteiger partial charge in [-0.25, -0.2) is 4.79 Å². The van der Waals surface area contributed by atoms with E-state index in [1.807, 2.05) is 42.7 Å². The summed E-state index contributed by atoms with van der Waals surface area (Å²) in [5, 5.41) is 3.29. The monoisotopic (exact) mass is 651 g/mol. The number of nitrogens with one attached hydrogen (secondary N) is 1. The van der Waals surface area contributed by atoms with Crippen LogP contribution in [-0.2, 0) is 32.6 Å². The number of amides is 1. The van der Waals surface area contributed by atoms with Crippen LogP contribution in [0.1, 0.15) is 117 Å². The molecule has 6 heteroatoms.